The Morgan fingerprint density at radius 3 is 2.60 bits per heavy atom. The molecular weight excluding hydrogens is 467 g/mol. The summed E-state index contributed by atoms with van der Waals surface area (Å²) in [5.41, 5.74) is 0.423. The SMILES string of the molecule is [C-]#[N+]c1ncc(N2C(=O)C3(CCC3)N(c3ccc(C(=O)Nc4ccccn4)c(F)c3)C2=S)cc1C. The van der Waals surface area contributed by atoms with Gasteiger partial charge in [0.15, 0.2) is 5.11 Å². The predicted octanol–water partition coefficient (Wildman–Crippen LogP) is 4.79. The number of carbonyl (C=O) groups is 2. The van der Waals surface area contributed by atoms with Gasteiger partial charge >= 0.3 is 0 Å². The van der Waals surface area contributed by atoms with Gasteiger partial charge in [-0.25, -0.2) is 9.37 Å². The van der Waals surface area contributed by atoms with Gasteiger partial charge in [-0.1, -0.05) is 12.6 Å². The highest BCUT2D eigenvalue weighted by Gasteiger charge is 2.59. The molecule has 10 heteroatoms. The first-order chi connectivity index (χ1) is 16.9. The van der Waals surface area contributed by atoms with Crippen molar-refractivity contribution in [3.63, 3.8) is 0 Å². The summed E-state index contributed by atoms with van der Waals surface area (Å²) in [4.78, 5) is 40.8. The highest BCUT2D eigenvalue weighted by atomic mass is 32.1. The molecule has 5 rings (SSSR count). The number of aryl methyl sites for hydroxylation is 1. The summed E-state index contributed by atoms with van der Waals surface area (Å²) >= 11 is 5.70. The lowest BCUT2D eigenvalue weighted by molar-refractivity contribution is -0.123. The quantitative estimate of drug-likeness (QED) is 0.422. The smallest absolute Gasteiger partial charge is 0.272 e. The van der Waals surface area contributed by atoms with Gasteiger partial charge in [0.1, 0.15) is 23.4 Å². The first kappa shape index (κ1) is 22.6. The van der Waals surface area contributed by atoms with Crippen molar-refractivity contribution >= 4 is 52.2 Å². The molecule has 174 valence electrons. The molecule has 8 nitrogen and oxygen atoms in total. The maximum Gasteiger partial charge on any atom is 0.272 e. The number of aromatic nitrogens is 2. The van der Waals surface area contributed by atoms with Crippen molar-refractivity contribution in [2.75, 3.05) is 15.1 Å². The molecule has 35 heavy (non-hydrogen) atoms. The van der Waals surface area contributed by atoms with Gasteiger partial charge in [-0.15, -0.1) is 4.98 Å². The van der Waals surface area contributed by atoms with Crippen molar-refractivity contribution in [2.45, 2.75) is 31.7 Å². The number of thiocarbonyl (C=S) groups is 1. The third-order valence-electron chi connectivity index (χ3n) is 6.35. The summed E-state index contributed by atoms with van der Waals surface area (Å²) in [5, 5.41) is 2.77. The highest BCUT2D eigenvalue weighted by Crippen LogP contribution is 2.48. The van der Waals surface area contributed by atoms with Crippen LogP contribution < -0.4 is 15.1 Å². The molecule has 0 radical (unpaired) electrons. The van der Waals surface area contributed by atoms with Gasteiger partial charge < -0.3 is 15.1 Å². The van der Waals surface area contributed by atoms with E-state index in [-0.39, 0.29) is 22.4 Å². The van der Waals surface area contributed by atoms with E-state index in [2.05, 4.69) is 20.1 Å². The molecule has 1 aliphatic heterocycles. The van der Waals surface area contributed by atoms with E-state index in [1.165, 1.54) is 29.4 Å². The number of benzene rings is 1. The Hall–Kier alpha value is -4.23. The predicted molar refractivity (Wildman–Crippen MR) is 133 cm³/mol. The highest BCUT2D eigenvalue weighted by molar-refractivity contribution is 7.81. The fourth-order valence-corrected chi connectivity index (χ4v) is 4.92. The number of amides is 2. The number of anilines is 3. The van der Waals surface area contributed by atoms with Gasteiger partial charge in [-0.2, -0.15) is 0 Å². The van der Waals surface area contributed by atoms with E-state index in [1.54, 1.807) is 42.2 Å². The van der Waals surface area contributed by atoms with Crippen molar-refractivity contribution in [1.82, 2.24) is 9.97 Å². The zero-order chi connectivity index (χ0) is 24.7. The van der Waals surface area contributed by atoms with Crippen LogP contribution in [0.25, 0.3) is 4.85 Å². The summed E-state index contributed by atoms with van der Waals surface area (Å²) in [6, 6.07) is 10.9. The lowest BCUT2D eigenvalue weighted by Gasteiger charge is -2.43. The van der Waals surface area contributed by atoms with Crippen molar-refractivity contribution in [1.29, 1.82) is 0 Å². The monoisotopic (exact) mass is 486 g/mol. The summed E-state index contributed by atoms with van der Waals surface area (Å²) in [6.07, 6.45) is 4.94. The molecule has 1 N–H and O–H groups in total. The molecular formula is C25H19FN6O2S. The summed E-state index contributed by atoms with van der Waals surface area (Å²) in [6.45, 7) is 8.95. The minimum atomic E-state index is -0.909. The second kappa shape index (κ2) is 8.52. The number of nitrogens with one attached hydrogen (secondary N) is 1. The van der Waals surface area contributed by atoms with Crippen LogP contribution in [-0.4, -0.2) is 32.4 Å². The van der Waals surface area contributed by atoms with Gasteiger partial charge in [-0.05, 0) is 80.4 Å². The van der Waals surface area contributed by atoms with Crippen molar-refractivity contribution in [3.05, 3.63) is 83.2 Å². The summed E-state index contributed by atoms with van der Waals surface area (Å²) in [5.74, 6) is -1.01. The topological polar surface area (TPSA) is 82.8 Å². The van der Waals surface area contributed by atoms with Crippen LogP contribution in [0, 0.1) is 19.3 Å². The van der Waals surface area contributed by atoms with Crippen LogP contribution in [0.3, 0.4) is 0 Å². The second-order valence-corrected chi connectivity index (χ2v) is 8.79. The third-order valence-corrected chi connectivity index (χ3v) is 6.72. The maximum absolute atomic E-state index is 15.1. The van der Waals surface area contributed by atoms with Gasteiger partial charge in [0.25, 0.3) is 17.6 Å². The Balaban J connectivity index is 1.48. The summed E-state index contributed by atoms with van der Waals surface area (Å²) < 4.78 is 15.1. The molecule has 0 bridgehead atoms. The Morgan fingerprint density at radius 2 is 2.00 bits per heavy atom. The van der Waals surface area contributed by atoms with Gasteiger partial charge in [0, 0.05) is 11.9 Å². The van der Waals surface area contributed by atoms with Gasteiger partial charge in [0.2, 0.25) is 0 Å². The number of hydrogen-bond acceptors (Lipinski definition) is 5. The maximum atomic E-state index is 15.1. The standard InChI is InChI=1S/C25H19FN6O2S/c1-15-12-17(14-29-21(15)27-2)31-23(34)25(9-5-10-25)32(24(31)35)16-7-8-18(19(26)13-16)22(33)30-20-6-3-4-11-28-20/h3-4,6-8,11-14H,5,9-10H2,1H3,(H,28,30,33). The van der Waals surface area contributed by atoms with Crippen LogP contribution in [0.2, 0.25) is 0 Å². The van der Waals surface area contributed by atoms with E-state index >= 15 is 4.39 Å². The summed E-state index contributed by atoms with van der Waals surface area (Å²) in [7, 11) is 0. The fourth-order valence-electron chi connectivity index (χ4n) is 4.45. The zero-order valence-electron chi connectivity index (χ0n) is 18.7. The zero-order valence-corrected chi connectivity index (χ0v) is 19.5. The molecule has 0 atom stereocenters. The van der Waals surface area contributed by atoms with Crippen LogP contribution in [0.4, 0.5) is 27.4 Å². The molecule has 3 heterocycles. The van der Waals surface area contributed by atoms with E-state index in [1.807, 2.05) is 0 Å². The molecule has 2 aromatic heterocycles. The molecule has 1 aromatic carbocycles. The number of nitrogens with zero attached hydrogens (tertiary/aromatic N) is 5. The molecule has 0 unspecified atom stereocenters. The van der Waals surface area contributed by atoms with Crippen LogP contribution in [0.15, 0.2) is 54.9 Å². The Bertz CT molecular complexity index is 1420. The van der Waals surface area contributed by atoms with E-state index in [0.717, 1.165) is 6.42 Å². The molecule has 2 aliphatic rings. The molecule has 1 spiro atoms. The minimum Gasteiger partial charge on any atom is -0.360 e. The average molecular weight is 487 g/mol. The first-order valence-corrected chi connectivity index (χ1v) is 11.3. The van der Waals surface area contributed by atoms with Gasteiger partial charge in [0.05, 0.1) is 11.3 Å². The Morgan fingerprint density at radius 1 is 1.20 bits per heavy atom. The molecule has 3 aromatic rings. The molecule has 1 saturated heterocycles. The largest absolute Gasteiger partial charge is 0.360 e. The first-order valence-electron chi connectivity index (χ1n) is 10.9. The van der Waals surface area contributed by atoms with Crippen molar-refractivity contribution in [2.24, 2.45) is 0 Å². The van der Waals surface area contributed by atoms with E-state index in [4.69, 9.17) is 18.8 Å². The average Bonchev–Trinajstić information content (AvgIpc) is 3.06. The van der Waals surface area contributed by atoms with Crippen LogP contribution in [0.5, 0.6) is 0 Å². The number of hydrogen-bond donors (Lipinski definition) is 1. The third kappa shape index (κ3) is 3.61. The van der Waals surface area contributed by atoms with E-state index in [0.29, 0.717) is 35.6 Å². The fraction of sp³-hybridized carbons (Fsp3) is 0.200. The second-order valence-electron chi connectivity index (χ2n) is 8.42. The number of carbonyl (C=O) groups excluding carboxylic acids is 2. The number of rotatable bonds is 4. The Labute approximate surface area is 206 Å². The van der Waals surface area contributed by atoms with Crippen molar-refractivity contribution in [3.8, 4) is 0 Å². The molecule has 2 fully saturated rings. The molecule has 1 saturated carbocycles. The molecule has 2 amide bonds. The van der Waals surface area contributed by atoms with Crippen LogP contribution in [-0.2, 0) is 4.79 Å². The minimum absolute atomic E-state index is 0.148. The molecule has 1 aliphatic carbocycles. The Kier molecular flexibility index (Phi) is 5.49. The van der Waals surface area contributed by atoms with Gasteiger partial charge in [-0.3, -0.25) is 14.5 Å². The lowest BCUT2D eigenvalue weighted by Crippen LogP contribution is -2.55. The van der Waals surface area contributed by atoms with E-state index < -0.39 is 17.3 Å². The normalized spacial score (nSPS) is 16.3. The number of halogens is 1. The number of pyridine rings is 2. The van der Waals surface area contributed by atoms with E-state index in [9.17, 15) is 9.59 Å². The van der Waals surface area contributed by atoms with Crippen molar-refractivity contribution < 1.29 is 14.0 Å². The lowest BCUT2D eigenvalue weighted by atomic mass is 9.75. The van der Waals surface area contributed by atoms with Crippen LogP contribution in [0.1, 0.15) is 35.2 Å². The van der Waals surface area contributed by atoms with Crippen LogP contribution >= 0.6 is 12.2 Å².